The average molecular weight is 531 g/mol. The van der Waals surface area contributed by atoms with Crippen molar-refractivity contribution in [2.24, 2.45) is 5.41 Å². The number of rotatable bonds is 4. The summed E-state index contributed by atoms with van der Waals surface area (Å²) in [5, 5.41) is 15.9. The maximum atomic E-state index is 14.1. The smallest absolute Gasteiger partial charge is 0.269 e. The lowest BCUT2D eigenvalue weighted by atomic mass is 9.67. The third kappa shape index (κ3) is 4.97. The fourth-order valence-electron chi connectivity index (χ4n) is 4.97. The standard InChI is InChI=1S/C30H24Cl2N2O3/c1-30(2)17-27-28(29(35)25(30)15-18-3-13-23(14-4-18)34(36)37)24(19-5-9-21(31)10-6-19)16-26(33-27)20-7-11-22(32)12-8-20/h3-16,24,33H,17H2,1-2H3/b25-15+. The minimum absolute atomic E-state index is 0.0144. The molecule has 0 spiro atoms. The molecule has 0 fully saturated rings. The fourth-order valence-corrected chi connectivity index (χ4v) is 5.22. The molecule has 1 N–H and O–H groups in total. The third-order valence-corrected chi connectivity index (χ3v) is 7.40. The number of benzene rings is 3. The topological polar surface area (TPSA) is 72.2 Å². The van der Waals surface area contributed by atoms with Gasteiger partial charge in [-0.1, -0.05) is 61.3 Å². The van der Waals surface area contributed by atoms with Crippen LogP contribution in [0.15, 0.2) is 95.7 Å². The molecule has 0 aromatic heterocycles. The highest BCUT2D eigenvalue weighted by atomic mass is 35.5. The molecule has 1 unspecified atom stereocenters. The summed E-state index contributed by atoms with van der Waals surface area (Å²) in [4.78, 5) is 24.8. The Kier molecular flexibility index (Phi) is 6.52. The molecular weight excluding hydrogens is 507 g/mol. The quantitative estimate of drug-likeness (QED) is 0.211. The Labute approximate surface area is 225 Å². The summed E-state index contributed by atoms with van der Waals surface area (Å²) < 4.78 is 0. The van der Waals surface area contributed by atoms with E-state index in [2.05, 4.69) is 11.4 Å². The number of hydrogen-bond donors (Lipinski definition) is 1. The number of hydrogen-bond acceptors (Lipinski definition) is 4. The van der Waals surface area contributed by atoms with Crippen LogP contribution in [0, 0.1) is 15.5 Å². The van der Waals surface area contributed by atoms with Crippen LogP contribution in [-0.2, 0) is 4.79 Å². The Bertz CT molecular complexity index is 1480. The van der Waals surface area contributed by atoms with Gasteiger partial charge in [0.1, 0.15) is 0 Å². The molecule has 0 bridgehead atoms. The molecule has 0 amide bonds. The van der Waals surface area contributed by atoms with Gasteiger partial charge in [-0.15, -0.1) is 0 Å². The summed E-state index contributed by atoms with van der Waals surface area (Å²) in [5.74, 6) is -0.313. The number of carbonyl (C=O) groups is 1. The molecule has 5 nitrogen and oxygen atoms in total. The van der Waals surface area contributed by atoms with Crippen molar-refractivity contribution in [3.8, 4) is 0 Å². The molecule has 0 saturated heterocycles. The van der Waals surface area contributed by atoms with Gasteiger partial charge in [-0.2, -0.15) is 0 Å². The van der Waals surface area contributed by atoms with Gasteiger partial charge in [0, 0.05) is 50.6 Å². The van der Waals surface area contributed by atoms with Gasteiger partial charge in [0.15, 0.2) is 5.78 Å². The van der Waals surface area contributed by atoms with Crippen molar-refractivity contribution in [3.63, 3.8) is 0 Å². The van der Waals surface area contributed by atoms with Crippen LogP contribution in [0.2, 0.25) is 10.0 Å². The molecule has 1 aliphatic carbocycles. The van der Waals surface area contributed by atoms with E-state index in [0.29, 0.717) is 27.6 Å². The van der Waals surface area contributed by atoms with Crippen LogP contribution in [0.1, 0.15) is 42.9 Å². The Morgan fingerprint density at radius 1 is 0.946 bits per heavy atom. The van der Waals surface area contributed by atoms with Gasteiger partial charge in [-0.05, 0) is 77.1 Å². The van der Waals surface area contributed by atoms with Gasteiger partial charge in [-0.3, -0.25) is 14.9 Å². The predicted molar refractivity (Wildman–Crippen MR) is 148 cm³/mol. The van der Waals surface area contributed by atoms with E-state index in [0.717, 1.165) is 28.1 Å². The van der Waals surface area contributed by atoms with Crippen LogP contribution in [0.4, 0.5) is 5.69 Å². The summed E-state index contributed by atoms with van der Waals surface area (Å²) in [7, 11) is 0. The second-order valence-corrected chi connectivity index (χ2v) is 10.8. The predicted octanol–water partition coefficient (Wildman–Crippen LogP) is 7.97. The van der Waals surface area contributed by atoms with Gasteiger partial charge in [0.05, 0.1) is 4.92 Å². The molecule has 37 heavy (non-hydrogen) atoms. The first-order valence-corrected chi connectivity index (χ1v) is 12.6. The van der Waals surface area contributed by atoms with Crippen molar-refractivity contribution >= 4 is 46.4 Å². The molecule has 3 aromatic rings. The summed E-state index contributed by atoms with van der Waals surface area (Å²) in [6, 6.07) is 21.4. The van der Waals surface area contributed by atoms with Crippen molar-refractivity contribution in [1.29, 1.82) is 0 Å². The minimum Gasteiger partial charge on any atom is -0.358 e. The maximum Gasteiger partial charge on any atom is 0.269 e. The first kappa shape index (κ1) is 25.0. The first-order chi connectivity index (χ1) is 17.6. The second kappa shape index (κ2) is 9.66. The molecule has 2 aliphatic rings. The molecule has 7 heteroatoms. The molecular formula is C30H24Cl2N2O3. The highest BCUT2D eigenvalue weighted by molar-refractivity contribution is 6.30. The lowest BCUT2D eigenvalue weighted by Crippen LogP contribution is -2.37. The lowest BCUT2D eigenvalue weighted by Gasteiger charge is -2.40. The zero-order valence-electron chi connectivity index (χ0n) is 20.3. The number of allylic oxidation sites excluding steroid dienone is 4. The van der Waals surface area contributed by atoms with Crippen LogP contribution < -0.4 is 5.32 Å². The van der Waals surface area contributed by atoms with Gasteiger partial charge in [0.25, 0.3) is 5.69 Å². The summed E-state index contributed by atoms with van der Waals surface area (Å²) >= 11 is 12.3. The number of Topliss-reactive ketones (excluding diaryl/α,β-unsaturated/α-hetero) is 1. The van der Waals surface area contributed by atoms with Gasteiger partial charge >= 0.3 is 0 Å². The summed E-state index contributed by atoms with van der Waals surface area (Å²) in [6.45, 7) is 4.09. The van der Waals surface area contributed by atoms with Crippen LogP contribution in [-0.4, -0.2) is 10.7 Å². The average Bonchev–Trinajstić information content (AvgIpc) is 2.86. The second-order valence-electron chi connectivity index (χ2n) is 9.93. The van der Waals surface area contributed by atoms with Crippen LogP contribution in [0.5, 0.6) is 0 Å². The number of dihydropyridines is 1. The van der Waals surface area contributed by atoms with Crippen molar-refractivity contribution in [2.75, 3.05) is 0 Å². The van der Waals surface area contributed by atoms with Gasteiger partial charge in [0.2, 0.25) is 0 Å². The Balaban J connectivity index is 1.60. The van der Waals surface area contributed by atoms with E-state index in [1.807, 2.05) is 68.5 Å². The van der Waals surface area contributed by atoms with Crippen molar-refractivity contribution in [1.82, 2.24) is 5.32 Å². The largest absolute Gasteiger partial charge is 0.358 e. The Hall–Kier alpha value is -3.67. The van der Waals surface area contributed by atoms with E-state index in [1.54, 1.807) is 12.1 Å². The number of nitro benzene ring substituents is 1. The number of ketones is 1. The number of carbonyl (C=O) groups excluding carboxylic acids is 1. The number of nitro groups is 1. The van der Waals surface area contributed by atoms with E-state index >= 15 is 0 Å². The van der Waals surface area contributed by atoms with Crippen LogP contribution in [0.3, 0.4) is 0 Å². The molecule has 1 heterocycles. The molecule has 1 atom stereocenters. The number of halogens is 2. The van der Waals surface area contributed by atoms with Crippen molar-refractivity contribution in [2.45, 2.75) is 26.2 Å². The van der Waals surface area contributed by atoms with Gasteiger partial charge < -0.3 is 5.32 Å². The third-order valence-electron chi connectivity index (χ3n) is 6.89. The zero-order chi connectivity index (χ0) is 26.3. The highest BCUT2D eigenvalue weighted by Gasteiger charge is 2.42. The number of non-ortho nitro benzene ring substituents is 1. The van der Waals surface area contributed by atoms with Crippen LogP contribution in [0.25, 0.3) is 11.8 Å². The van der Waals surface area contributed by atoms with E-state index < -0.39 is 10.3 Å². The zero-order valence-corrected chi connectivity index (χ0v) is 21.8. The maximum absolute atomic E-state index is 14.1. The fraction of sp³-hybridized carbons (Fsp3) is 0.167. The van der Waals surface area contributed by atoms with Crippen molar-refractivity contribution < 1.29 is 9.72 Å². The number of nitrogens with zero attached hydrogens (tertiary/aromatic N) is 1. The first-order valence-electron chi connectivity index (χ1n) is 11.9. The number of nitrogens with one attached hydrogen (secondary N) is 1. The summed E-state index contributed by atoms with van der Waals surface area (Å²) in [6.07, 6.45) is 4.56. The lowest BCUT2D eigenvalue weighted by molar-refractivity contribution is -0.384. The molecule has 0 saturated carbocycles. The van der Waals surface area contributed by atoms with E-state index in [1.165, 1.54) is 12.1 Å². The molecule has 3 aromatic carbocycles. The normalized spacial score (nSPS) is 19.8. The summed E-state index contributed by atoms with van der Waals surface area (Å²) in [5.41, 5.74) is 5.43. The highest BCUT2D eigenvalue weighted by Crippen LogP contribution is 2.48. The molecule has 186 valence electrons. The van der Waals surface area contributed by atoms with Crippen LogP contribution >= 0.6 is 23.2 Å². The molecule has 5 rings (SSSR count). The van der Waals surface area contributed by atoms with E-state index in [-0.39, 0.29) is 17.4 Å². The van der Waals surface area contributed by atoms with Crippen molar-refractivity contribution in [3.05, 3.63) is 133 Å². The van der Waals surface area contributed by atoms with Gasteiger partial charge in [-0.25, -0.2) is 0 Å². The Morgan fingerprint density at radius 2 is 1.54 bits per heavy atom. The monoisotopic (exact) mass is 530 g/mol. The molecule has 0 radical (unpaired) electrons. The van der Waals surface area contributed by atoms with E-state index in [4.69, 9.17) is 23.2 Å². The Morgan fingerprint density at radius 3 is 2.14 bits per heavy atom. The van der Waals surface area contributed by atoms with E-state index in [9.17, 15) is 14.9 Å². The SMILES string of the molecule is CC1(C)CC2=C(C(=O)/C1=C\c1ccc([N+](=O)[O-])cc1)C(c1ccc(Cl)cc1)C=C(c1ccc(Cl)cc1)N2. The minimum atomic E-state index is -0.461. The molecule has 1 aliphatic heterocycles.